The number of carbonyl (C=O) groups excluding carboxylic acids is 1. The van der Waals surface area contributed by atoms with Crippen molar-refractivity contribution in [3.05, 3.63) is 94.3 Å². The third-order valence-corrected chi connectivity index (χ3v) is 10.9. The summed E-state index contributed by atoms with van der Waals surface area (Å²) in [6, 6.07) is 22.1. The molecule has 11 heteroatoms. The average molecular weight is 710 g/mol. The molecule has 0 saturated heterocycles. The second-order valence-corrected chi connectivity index (χ2v) is 14.5. The second-order valence-electron chi connectivity index (χ2n) is 14.5. The summed E-state index contributed by atoms with van der Waals surface area (Å²) in [6.07, 6.45) is 6.28. The highest BCUT2D eigenvalue weighted by Crippen LogP contribution is 2.37. The molecule has 1 unspecified atom stereocenters. The lowest BCUT2D eigenvalue weighted by molar-refractivity contribution is -0.126. The Bertz CT molecular complexity index is 1880. The summed E-state index contributed by atoms with van der Waals surface area (Å²) < 4.78 is 0. The fourth-order valence-corrected chi connectivity index (χ4v) is 7.97. The fourth-order valence-electron chi connectivity index (χ4n) is 7.97. The molecule has 1 aromatic heterocycles. The maximum atomic E-state index is 13.1. The molecular weight excluding hydrogens is 658 g/mol. The van der Waals surface area contributed by atoms with E-state index in [4.69, 9.17) is 5.73 Å². The molecule has 0 spiro atoms. The number of nitrogens with zero attached hydrogens (tertiary/aromatic N) is 1. The van der Waals surface area contributed by atoms with Gasteiger partial charge in [-0.2, -0.15) is 0 Å². The van der Waals surface area contributed by atoms with Gasteiger partial charge in [0.05, 0.1) is 17.3 Å². The Hall–Kier alpha value is -4.71. The summed E-state index contributed by atoms with van der Waals surface area (Å²) in [4.78, 5) is 41.6. The van der Waals surface area contributed by atoms with E-state index in [9.17, 15) is 29.7 Å². The third-order valence-electron chi connectivity index (χ3n) is 10.9. The van der Waals surface area contributed by atoms with E-state index in [1.807, 2.05) is 42.5 Å². The minimum atomic E-state index is -0.951. The van der Waals surface area contributed by atoms with Gasteiger partial charge in [-0.25, -0.2) is 4.79 Å². The average Bonchev–Trinajstić information content (AvgIpc) is 3.15. The van der Waals surface area contributed by atoms with Gasteiger partial charge in [0, 0.05) is 48.1 Å². The molecule has 1 atom stereocenters. The van der Waals surface area contributed by atoms with E-state index in [0.717, 1.165) is 81.0 Å². The van der Waals surface area contributed by atoms with Crippen LogP contribution in [0, 0.1) is 11.8 Å². The molecule has 4 aromatic rings. The van der Waals surface area contributed by atoms with E-state index in [2.05, 4.69) is 21.7 Å². The summed E-state index contributed by atoms with van der Waals surface area (Å²) in [5.41, 5.74) is 10.4. The van der Waals surface area contributed by atoms with Gasteiger partial charge in [-0.05, 0) is 112 Å². The van der Waals surface area contributed by atoms with Crippen LogP contribution in [-0.4, -0.2) is 64.0 Å². The van der Waals surface area contributed by atoms with Gasteiger partial charge < -0.3 is 36.7 Å². The maximum Gasteiger partial charge on any atom is 0.412 e. The van der Waals surface area contributed by atoms with Crippen molar-refractivity contribution < 1.29 is 24.9 Å². The molecule has 52 heavy (non-hydrogen) atoms. The fraction of sp³-hybridized carbons (Fsp3) is 0.439. The topological polar surface area (TPSA) is 181 Å². The molecule has 2 amide bonds. The van der Waals surface area contributed by atoms with Crippen molar-refractivity contribution in [2.45, 2.75) is 82.4 Å². The minimum Gasteiger partial charge on any atom is -0.506 e. The number of aromatic amines is 1. The lowest BCUT2D eigenvalue weighted by atomic mass is 9.81. The van der Waals surface area contributed by atoms with Crippen LogP contribution in [0.5, 0.6) is 5.75 Å². The molecule has 2 saturated carbocycles. The predicted molar refractivity (Wildman–Crippen MR) is 203 cm³/mol. The van der Waals surface area contributed by atoms with Crippen LogP contribution in [-0.2, 0) is 11.2 Å². The van der Waals surface area contributed by atoms with Crippen LogP contribution in [0.3, 0.4) is 0 Å². The van der Waals surface area contributed by atoms with Gasteiger partial charge in [0.15, 0.2) is 0 Å². The van der Waals surface area contributed by atoms with Crippen LogP contribution in [0.1, 0.15) is 75.0 Å². The molecule has 6 rings (SSSR count). The SMILES string of the molecule is N[C@H]1CC[C@H](N(C(=O)O)c2cc(CCCNC(=O)[C@H]3CC[C@H](CNCC(O)c4ccc(O)c5[nH]c(=O)ccc45)CC3)ccc2-c2ccccc2)CC1. The number of aromatic hydroxyl groups is 1. The molecule has 2 fully saturated rings. The number of phenolic OH excluding ortho intramolecular Hbond substituents is 1. The number of nitrogens with one attached hydrogen (secondary N) is 3. The van der Waals surface area contributed by atoms with Crippen LogP contribution in [0.4, 0.5) is 10.5 Å². The number of hydrogen-bond donors (Lipinski definition) is 7. The van der Waals surface area contributed by atoms with E-state index < -0.39 is 12.2 Å². The number of amides is 2. The first-order valence-electron chi connectivity index (χ1n) is 18.7. The Balaban J connectivity index is 0.966. The number of rotatable bonds is 13. The number of benzene rings is 3. The normalized spacial score (nSPS) is 21.0. The summed E-state index contributed by atoms with van der Waals surface area (Å²) in [7, 11) is 0. The van der Waals surface area contributed by atoms with Gasteiger partial charge in [-0.1, -0.05) is 48.5 Å². The number of aliphatic hydroxyl groups excluding tert-OH is 1. The van der Waals surface area contributed by atoms with Crippen molar-refractivity contribution in [2.24, 2.45) is 17.6 Å². The van der Waals surface area contributed by atoms with Crippen LogP contribution in [0.15, 0.2) is 77.6 Å². The molecule has 2 aliphatic carbocycles. The first-order chi connectivity index (χ1) is 25.2. The third kappa shape index (κ3) is 9.01. The van der Waals surface area contributed by atoms with Crippen LogP contribution < -0.4 is 26.8 Å². The number of carbonyl (C=O) groups is 2. The summed E-state index contributed by atoms with van der Waals surface area (Å²) in [5.74, 6) is 0.446. The number of nitrogens with two attached hydrogens (primary N) is 1. The highest BCUT2D eigenvalue weighted by Gasteiger charge is 2.31. The van der Waals surface area contributed by atoms with Crippen molar-refractivity contribution in [3.8, 4) is 16.9 Å². The number of phenols is 1. The Kier molecular flexibility index (Phi) is 12.3. The van der Waals surface area contributed by atoms with E-state index in [-0.39, 0.29) is 35.2 Å². The zero-order chi connectivity index (χ0) is 36.6. The predicted octanol–water partition coefficient (Wildman–Crippen LogP) is 5.83. The maximum absolute atomic E-state index is 13.1. The van der Waals surface area contributed by atoms with Crippen LogP contribution in [0.2, 0.25) is 0 Å². The number of aromatic nitrogens is 1. The van der Waals surface area contributed by atoms with Crippen LogP contribution >= 0.6 is 0 Å². The smallest absolute Gasteiger partial charge is 0.412 e. The molecule has 0 aliphatic heterocycles. The Morgan fingerprint density at radius 1 is 0.923 bits per heavy atom. The zero-order valence-corrected chi connectivity index (χ0v) is 29.6. The van der Waals surface area contributed by atoms with Crippen molar-refractivity contribution in [1.82, 2.24) is 15.6 Å². The summed E-state index contributed by atoms with van der Waals surface area (Å²) in [6.45, 7) is 1.62. The van der Waals surface area contributed by atoms with Crippen molar-refractivity contribution in [1.29, 1.82) is 0 Å². The number of fused-ring (bicyclic) bond motifs is 1. The summed E-state index contributed by atoms with van der Waals surface area (Å²) >= 11 is 0. The molecule has 0 radical (unpaired) electrons. The van der Waals surface area contributed by atoms with Crippen molar-refractivity contribution in [2.75, 3.05) is 24.5 Å². The zero-order valence-electron chi connectivity index (χ0n) is 29.6. The monoisotopic (exact) mass is 709 g/mol. The Labute approximate surface area is 304 Å². The first-order valence-corrected chi connectivity index (χ1v) is 18.7. The molecule has 11 nitrogen and oxygen atoms in total. The molecule has 1 heterocycles. The van der Waals surface area contributed by atoms with E-state index in [1.165, 1.54) is 12.1 Å². The van der Waals surface area contributed by atoms with Gasteiger partial charge >= 0.3 is 6.09 Å². The second kappa shape index (κ2) is 17.2. The van der Waals surface area contributed by atoms with E-state index in [1.54, 1.807) is 17.0 Å². The number of anilines is 1. The van der Waals surface area contributed by atoms with Crippen molar-refractivity contribution >= 4 is 28.6 Å². The highest BCUT2D eigenvalue weighted by atomic mass is 16.4. The number of hydrogen-bond acceptors (Lipinski definition) is 7. The van der Waals surface area contributed by atoms with Gasteiger partial charge in [-0.15, -0.1) is 0 Å². The van der Waals surface area contributed by atoms with Gasteiger partial charge in [-0.3, -0.25) is 14.5 Å². The largest absolute Gasteiger partial charge is 0.506 e. The lowest BCUT2D eigenvalue weighted by Gasteiger charge is -2.35. The number of aryl methyl sites for hydroxylation is 1. The number of pyridine rings is 1. The highest BCUT2D eigenvalue weighted by molar-refractivity contribution is 5.94. The van der Waals surface area contributed by atoms with E-state index >= 15 is 0 Å². The van der Waals surface area contributed by atoms with Crippen molar-refractivity contribution in [3.63, 3.8) is 0 Å². The number of H-pyrrole nitrogens is 1. The molecule has 3 aromatic carbocycles. The van der Waals surface area contributed by atoms with Gasteiger partial charge in [0.25, 0.3) is 0 Å². The standard InChI is InChI=1S/C41H51N5O6/c42-30-13-15-31(16-14-30)46(41(51)52)35-23-26(10-17-32(35)28-6-2-1-3-7-28)5-4-22-44-40(50)29-11-8-27(9-12-29)24-43-25-37(48)33-18-20-36(47)39-34(33)19-21-38(49)45-39/h1-3,6-7,10,17-21,23,27,29-31,37,43,47-48H,4-5,8-9,11-16,22,24-25,42H2,(H,44,50)(H,45,49)(H,51,52)/t27-,29-,30-,31-,37?. The van der Waals surface area contributed by atoms with Crippen LogP contribution in [0.25, 0.3) is 22.0 Å². The molecule has 0 bridgehead atoms. The molecule has 2 aliphatic rings. The molecule has 8 N–H and O–H groups in total. The number of aliphatic hydroxyl groups is 1. The van der Waals surface area contributed by atoms with E-state index in [0.29, 0.717) is 47.6 Å². The van der Waals surface area contributed by atoms with Gasteiger partial charge in [0.2, 0.25) is 11.5 Å². The molecule has 276 valence electrons. The Morgan fingerprint density at radius 3 is 2.40 bits per heavy atom. The summed E-state index contributed by atoms with van der Waals surface area (Å²) in [5, 5.41) is 38.5. The van der Waals surface area contributed by atoms with Gasteiger partial charge in [0.1, 0.15) is 5.75 Å². The number of carboxylic acid groups (broad SMARTS) is 1. The minimum absolute atomic E-state index is 0.0168. The quantitative estimate of drug-likeness (QED) is 0.0847. The lowest BCUT2D eigenvalue weighted by Crippen LogP contribution is -2.44. The molecular formula is C41H51N5O6. The Morgan fingerprint density at radius 2 is 1.67 bits per heavy atom. The first kappa shape index (κ1) is 37.1.